The van der Waals surface area contributed by atoms with Crippen molar-refractivity contribution in [1.29, 1.82) is 0 Å². The predicted molar refractivity (Wildman–Crippen MR) is 152 cm³/mol. The van der Waals surface area contributed by atoms with Gasteiger partial charge in [-0.2, -0.15) is 0 Å². The monoisotopic (exact) mass is 557 g/mol. The molecule has 4 aromatic rings. The van der Waals surface area contributed by atoms with Crippen molar-refractivity contribution in [2.45, 2.75) is 44.7 Å². The van der Waals surface area contributed by atoms with E-state index in [1.807, 2.05) is 47.8 Å². The van der Waals surface area contributed by atoms with Gasteiger partial charge in [-0.15, -0.1) is 5.10 Å². The third-order valence-corrected chi connectivity index (χ3v) is 7.95. The number of pyridine rings is 1. The van der Waals surface area contributed by atoms with E-state index in [2.05, 4.69) is 14.8 Å². The van der Waals surface area contributed by atoms with Crippen LogP contribution in [0.3, 0.4) is 0 Å². The molecule has 2 aliphatic heterocycles. The highest BCUT2D eigenvalue weighted by molar-refractivity contribution is 5.81. The lowest BCUT2D eigenvalue weighted by Crippen LogP contribution is -2.54. The number of carboxylic acids is 1. The number of anilines is 2. The highest BCUT2D eigenvalue weighted by Crippen LogP contribution is 2.36. The summed E-state index contributed by atoms with van der Waals surface area (Å²) < 4.78 is 15.8. The van der Waals surface area contributed by atoms with Gasteiger partial charge in [0.15, 0.2) is 5.65 Å². The summed E-state index contributed by atoms with van der Waals surface area (Å²) in [7, 11) is 0. The molecule has 6 rings (SSSR count). The van der Waals surface area contributed by atoms with Gasteiger partial charge in [0.05, 0.1) is 24.4 Å². The Kier molecular flexibility index (Phi) is 7.25. The van der Waals surface area contributed by atoms with E-state index in [0.29, 0.717) is 25.3 Å². The third kappa shape index (κ3) is 5.44. The van der Waals surface area contributed by atoms with E-state index in [0.717, 1.165) is 48.0 Å². The molecule has 2 atom stereocenters. The van der Waals surface area contributed by atoms with Crippen LogP contribution in [0.1, 0.15) is 44.2 Å². The molecule has 5 heterocycles. The molecule has 0 bridgehead atoms. The average molecular weight is 558 g/mol. The number of aliphatic carboxylic acids is 1. The quantitative estimate of drug-likeness (QED) is 0.361. The maximum Gasteiger partial charge on any atom is 0.303 e. The van der Waals surface area contributed by atoms with Crippen LogP contribution >= 0.6 is 0 Å². The number of nitrogens with zero attached hydrogens (tertiary/aromatic N) is 7. The van der Waals surface area contributed by atoms with Gasteiger partial charge in [-0.05, 0) is 61.7 Å². The Hall–Kier alpha value is -4.54. The Morgan fingerprint density at radius 3 is 2.68 bits per heavy atom. The van der Waals surface area contributed by atoms with Crippen molar-refractivity contribution in [2.75, 3.05) is 36.0 Å². The molecule has 2 aliphatic rings. The van der Waals surface area contributed by atoms with Crippen LogP contribution in [-0.4, -0.2) is 73.7 Å². The molecule has 1 aromatic carbocycles. The van der Waals surface area contributed by atoms with E-state index in [-0.39, 0.29) is 36.6 Å². The number of amides is 1. The molecule has 41 heavy (non-hydrogen) atoms. The molecule has 1 amide bonds. The fourth-order valence-corrected chi connectivity index (χ4v) is 5.93. The van der Waals surface area contributed by atoms with E-state index in [4.69, 9.17) is 15.2 Å². The van der Waals surface area contributed by atoms with Gasteiger partial charge in [0.1, 0.15) is 23.1 Å². The van der Waals surface area contributed by atoms with Crippen molar-refractivity contribution < 1.29 is 19.1 Å². The highest BCUT2D eigenvalue weighted by Gasteiger charge is 2.29. The second-order valence-corrected chi connectivity index (χ2v) is 10.7. The molecular weight excluding hydrogens is 525 g/mol. The minimum atomic E-state index is -0.966. The Balaban J connectivity index is 1.23. The smallest absolute Gasteiger partial charge is 0.303 e. The first-order chi connectivity index (χ1) is 19.9. The number of carbonyl (C=O) groups is 2. The van der Waals surface area contributed by atoms with Crippen LogP contribution in [0.2, 0.25) is 0 Å². The number of aromatic nitrogens is 4. The zero-order chi connectivity index (χ0) is 28.5. The average Bonchev–Trinajstić information content (AvgIpc) is 3.63. The summed E-state index contributed by atoms with van der Waals surface area (Å²) in [5, 5.41) is 13.9. The van der Waals surface area contributed by atoms with Gasteiger partial charge in [0, 0.05) is 38.6 Å². The first-order valence-electron chi connectivity index (χ1n) is 14.0. The van der Waals surface area contributed by atoms with Gasteiger partial charge in [-0.1, -0.05) is 18.2 Å². The van der Waals surface area contributed by atoms with E-state index < -0.39 is 5.97 Å². The van der Waals surface area contributed by atoms with Crippen molar-refractivity contribution in [3.63, 3.8) is 0 Å². The molecule has 1 N–H and O–H groups in total. The Bertz CT molecular complexity index is 1590. The number of piperazine rings is 1. The van der Waals surface area contributed by atoms with Crippen LogP contribution in [0.4, 0.5) is 16.0 Å². The van der Waals surface area contributed by atoms with Crippen molar-refractivity contribution in [2.24, 2.45) is 0 Å². The van der Waals surface area contributed by atoms with Gasteiger partial charge < -0.3 is 19.8 Å². The van der Waals surface area contributed by atoms with Crippen molar-refractivity contribution in [3.8, 4) is 11.4 Å². The summed E-state index contributed by atoms with van der Waals surface area (Å²) in [6.45, 7) is 4.52. The Labute approximate surface area is 237 Å². The van der Waals surface area contributed by atoms with Gasteiger partial charge >= 0.3 is 5.97 Å². The fraction of sp³-hybridized carbons (Fsp3) is 0.367. The molecule has 11 heteroatoms. The van der Waals surface area contributed by atoms with Crippen molar-refractivity contribution >= 4 is 29.2 Å². The number of rotatable bonds is 7. The normalized spacial score (nSPS) is 19.2. The molecule has 0 unspecified atom stereocenters. The largest absolute Gasteiger partial charge is 0.481 e. The number of carbonyl (C=O) groups excluding carboxylic acids is 1. The van der Waals surface area contributed by atoms with Crippen LogP contribution in [0.5, 0.6) is 0 Å². The predicted octanol–water partition coefficient (Wildman–Crippen LogP) is 4.17. The summed E-state index contributed by atoms with van der Waals surface area (Å²) in [6, 6.07) is 16.5. The van der Waals surface area contributed by atoms with E-state index >= 15 is 0 Å². The maximum atomic E-state index is 14.0. The van der Waals surface area contributed by atoms with Crippen LogP contribution in [0.25, 0.3) is 17.0 Å². The molecule has 0 aliphatic carbocycles. The number of carboxylic acid groups (broad SMARTS) is 1. The van der Waals surface area contributed by atoms with Crippen LogP contribution in [0.15, 0.2) is 60.8 Å². The van der Waals surface area contributed by atoms with E-state index in [1.54, 1.807) is 23.2 Å². The molecule has 212 valence electrons. The molecule has 0 radical (unpaired) electrons. The van der Waals surface area contributed by atoms with Crippen molar-refractivity contribution in [1.82, 2.24) is 24.5 Å². The lowest BCUT2D eigenvalue weighted by atomic mass is 10.0. The maximum absolute atomic E-state index is 14.0. The zero-order valence-electron chi connectivity index (χ0n) is 22.9. The second kappa shape index (κ2) is 11.1. The molecule has 0 spiro atoms. The summed E-state index contributed by atoms with van der Waals surface area (Å²) in [6.07, 6.45) is 3.55. The minimum Gasteiger partial charge on any atom is -0.481 e. The van der Waals surface area contributed by atoms with Gasteiger partial charge in [0.2, 0.25) is 5.91 Å². The lowest BCUT2D eigenvalue weighted by Gasteiger charge is -2.40. The fourth-order valence-electron chi connectivity index (χ4n) is 5.93. The standard InChI is InChI=1S/C30H32FN7O3/c1-20-19-35(15-16-36(20)29(39)12-13-30(40)41)27-9-3-7-23(33-27)25-18-32-26-10-11-28(34-38(25)26)37-14-4-8-24(37)21-5-2-6-22(31)17-21/h2-3,5-7,9-11,17-18,20,24H,4,8,12-16,19H2,1H3,(H,40,41)/t20-,24-/m1/s1. The summed E-state index contributed by atoms with van der Waals surface area (Å²) in [5.41, 5.74) is 3.15. The number of imidazole rings is 1. The summed E-state index contributed by atoms with van der Waals surface area (Å²) in [4.78, 5) is 39.0. The lowest BCUT2D eigenvalue weighted by molar-refractivity contribution is -0.141. The second-order valence-electron chi connectivity index (χ2n) is 10.7. The van der Waals surface area contributed by atoms with E-state index in [1.165, 1.54) is 6.07 Å². The zero-order valence-corrected chi connectivity index (χ0v) is 22.9. The molecule has 10 nitrogen and oxygen atoms in total. The number of fused-ring (bicyclic) bond motifs is 1. The Morgan fingerprint density at radius 1 is 1.02 bits per heavy atom. The van der Waals surface area contributed by atoms with Crippen LogP contribution in [-0.2, 0) is 9.59 Å². The van der Waals surface area contributed by atoms with Gasteiger partial charge in [-0.3, -0.25) is 9.59 Å². The first kappa shape index (κ1) is 26.7. The molecule has 3 aromatic heterocycles. The summed E-state index contributed by atoms with van der Waals surface area (Å²) in [5.74, 6) is 0.264. The third-order valence-electron chi connectivity index (χ3n) is 7.95. The molecule has 2 saturated heterocycles. The SMILES string of the molecule is C[C@@H]1CN(c2cccc(-c3cnc4ccc(N5CCC[C@@H]5c5cccc(F)c5)nn34)n2)CCN1C(=O)CCC(=O)O. The number of hydrogen-bond donors (Lipinski definition) is 1. The van der Waals surface area contributed by atoms with Crippen LogP contribution < -0.4 is 9.80 Å². The molecule has 2 fully saturated rings. The van der Waals surface area contributed by atoms with E-state index in [9.17, 15) is 14.0 Å². The minimum absolute atomic E-state index is 0.0110. The number of halogens is 1. The van der Waals surface area contributed by atoms with Crippen molar-refractivity contribution in [3.05, 3.63) is 72.2 Å². The molecular formula is C30H32FN7O3. The topological polar surface area (TPSA) is 107 Å². The van der Waals surface area contributed by atoms with Gasteiger partial charge in [0.25, 0.3) is 0 Å². The summed E-state index contributed by atoms with van der Waals surface area (Å²) >= 11 is 0. The highest BCUT2D eigenvalue weighted by atomic mass is 19.1. The van der Waals surface area contributed by atoms with Crippen LogP contribution in [0, 0.1) is 5.82 Å². The molecule has 0 saturated carbocycles. The Morgan fingerprint density at radius 2 is 1.88 bits per heavy atom. The van der Waals surface area contributed by atoms with Gasteiger partial charge in [-0.25, -0.2) is 18.9 Å². The first-order valence-corrected chi connectivity index (χ1v) is 14.0. The number of benzene rings is 1. The number of hydrogen-bond acceptors (Lipinski definition) is 7.